The first kappa shape index (κ1) is 9.68. The quantitative estimate of drug-likeness (QED) is 0.707. The molecule has 1 aromatic rings. The Bertz CT molecular complexity index is 465. The van der Waals surface area contributed by atoms with Gasteiger partial charge in [0.05, 0.1) is 5.69 Å². The number of amides is 2. The first-order valence-corrected chi connectivity index (χ1v) is 5.83. The maximum Gasteiger partial charge on any atom is 0.260 e. The van der Waals surface area contributed by atoms with E-state index in [1.165, 1.54) is 23.5 Å². The van der Waals surface area contributed by atoms with Crippen LogP contribution >= 0.6 is 11.3 Å². The lowest BCUT2D eigenvalue weighted by atomic mass is 10.2. The van der Waals surface area contributed by atoms with E-state index < -0.39 is 0 Å². The highest BCUT2D eigenvalue weighted by molar-refractivity contribution is 7.16. The molecular weight excluding hydrogens is 226 g/mol. The average molecular weight is 235 g/mol. The van der Waals surface area contributed by atoms with Crippen molar-refractivity contribution in [3.8, 4) is 0 Å². The summed E-state index contributed by atoms with van der Waals surface area (Å²) in [5, 5.41) is 3.73. The molecule has 0 aromatic carbocycles. The van der Waals surface area contributed by atoms with Crippen LogP contribution in [0.1, 0.15) is 10.6 Å². The van der Waals surface area contributed by atoms with E-state index >= 15 is 0 Å². The van der Waals surface area contributed by atoms with Crippen molar-refractivity contribution in [3.63, 3.8) is 0 Å². The van der Waals surface area contributed by atoms with Gasteiger partial charge in [-0.1, -0.05) is 11.3 Å². The van der Waals surface area contributed by atoms with Gasteiger partial charge >= 0.3 is 0 Å². The summed E-state index contributed by atoms with van der Waals surface area (Å²) in [6, 6.07) is 0. The normalized spacial score (nSPS) is 19.4. The third kappa shape index (κ3) is 1.38. The van der Waals surface area contributed by atoms with Gasteiger partial charge in [0, 0.05) is 36.5 Å². The third-order valence-corrected chi connectivity index (χ3v) is 3.67. The SMILES string of the molecule is O=C1C=CC(=O)N1c1nc2c(s1)CNCC2. The number of fused-ring (bicyclic) bond motifs is 1. The topological polar surface area (TPSA) is 62.3 Å². The Labute approximate surface area is 95.8 Å². The van der Waals surface area contributed by atoms with E-state index in [0.29, 0.717) is 5.13 Å². The number of nitrogens with zero attached hydrogens (tertiary/aromatic N) is 2. The van der Waals surface area contributed by atoms with Crippen molar-refractivity contribution < 1.29 is 9.59 Å². The lowest BCUT2D eigenvalue weighted by Gasteiger charge is -2.09. The molecule has 0 unspecified atom stereocenters. The van der Waals surface area contributed by atoms with Gasteiger partial charge in [-0.3, -0.25) is 9.59 Å². The second-order valence-corrected chi connectivity index (χ2v) is 4.70. The van der Waals surface area contributed by atoms with Crippen molar-refractivity contribution in [1.82, 2.24) is 10.3 Å². The molecule has 0 fully saturated rings. The lowest BCUT2D eigenvalue weighted by molar-refractivity contribution is -0.119. The number of nitrogens with one attached hydrogen (secondary N) is 1. The second-order valence-electron chi connectivity index (χ2n) is 3.64. The van der Waals surface area contributed by atoms with E-state index in [-0.39, 0.29) is 11.8 Å². The van der Waals surface area contributed by atoms with Crippen LogP contribution in [0, 0.1) is 0 Å². The minimum Gasteiger partial charge on any atom is -0.311 e. The Balaban J connectivity index is 1.98. The molecule has 6 heteroatoms. The number of rotatable bonds is 1. The smallest absolute Gasteiger partial charge is 0.260 e. The number of aromatic nitrogens is 1. The van der Waals surface area contributed by atoms with Gasteiger partial charge in [-0.05, 0) is 0 Å². The van der Waals surface area contributed by atoms with Crippen LogP contribution in [-0.4, -0.2) is 23.3 Å². The Kier molecular flexibility index (Phi) is 2.12. The van der Waals surface area contributed by atoms with Crippen LogP contribution in [0.25, 0.3) is 0 Å². The van der Waals surface area contributed by atoms with Crippen LogP contribution in [0.15, 0.2) is 12.2 Å². The fourth-order valence-corrected chi connectivity index (χ4v) is 2.88. The molecule has 3 heterocycles. The van der Waals surface area contributed by atoms with Crippen LogP contribution in [0.5, 0.6) is 0 Å². The van der Waals surface area contributed by atoms with E-state index in [2.05, 4.69) is 10.3 Å². The lowest BCUT2D eigenvalue weighted by Crippen LogP contribution is -2.29. The third-order valence-electron chi connectivity index (χ3n) is 2.59. The minimum absolute atomic E-state index is 0.302. The van der Waals surface area contributed by atoms with Crippen LogP contribution in [0.2, 0.25) is 0 Å². The number of carbonyl (C=O) groups is 2. The molecule has 0 spiro atoms. The van der Waals surface area contributed by atoms with Crippen molar-refractivity contribution in [3.05, 3.63) is 22.7 Å². The summed E-state index contributed by atoms with van der Waals surface area (Å²) in [6.07, 6.45) is 3.41. The maximum atomic E-state index is 11.5. The van der Waals surface area contributed by atoms with Crippen LogP contribution in [-0.2, 0) is 22.6 Å². The molecule has 2 amide bonds. The van der Waals surface area contributed by atoms with Gasteiger partial charge in [-0.2, -0.15) is 0 Å². The van der Waals surface area contributed by atoms with Gasteiger partial charge in [-0.15, -0.1) is 0 Å². The van der Waals surface area contributed by atoms with Crippen molar-refractivity contribution in [2.75, 3.05) is 11.4 Å². The molecule has 1 aromatic heterocycles. The molecule has 2 aliphatic heterocycles. The van der Waals surface area contributed by atoms with E-state index in [0.717, 1.165) is 35.0 Å². The molecule has 82 valence electrons. The Morgan fingerprint density at radius 3 is 2.75 bits per heavy atom. The monoisotopic (exact) mass is 235 g/mol. The number of imide groups is 1. The second kappa shape index (κ2) is 3.50. The first-order chi connectivity index (χ1) is 7.75. The molecule has 0 radical (unpaired) electrons. The van der Waals surface area contributed by atoms with Gasteiger partial charge in [0.1, 0.15) is 0 Å². The summed E-state index contributed by atoms with van der Waals surface area (Å²) in [5.74, 6) is -0.604. The van der Waals surface area contributed by atoms with Crippen LogP contribution in [0.3, 0.4) is 0 Å². The molecule has 0 bridgehead atoms. The number of anilines is 1. The Morgan fingerprint density at radius 1 is 1.31 bits per heavy atom. The minimum atomic E-state index is -0.302. The summed E-state index contributed by atoms with van der Waals surface area (Å²) in [6.45, 7) is 1.67. The van der Waals surface area contributed by atoms with Crippen molar-refractivity contribution >= 4 is 28.3 Å². The number of thiazole rings is 1. The molecule has 0 saturated carbocycles. The molecule has 0 aliphatic carbocycles. The van der Waals surface area contributed by atoms with Crippen molar-refractivity contribution in [1.29, 1.82) is 0 Å². The summed E-state index contributed by atoms with van der Waals surface area (Å²) in [7, 11) is 0. The highest BCUT2D eigenvalue weighted by Crippen LogP contribution is 2.29. The Morgan fingerprint density at radius 2 is 2.06 bits per heavy atom. The number of carbonyl (C=O) groups excluding carboxylic acids is 2. The fourth-order valence-electron chi connectivity index (χ4n) is 1.80. The maximum absolute atomic E-state index is 11.5. The predicted molar refractivity (Wildman–Crippen MR) is 59.2 cm³/mol. The molecule has 1 N–H and O–H groups in total. The van der Waals surface area contributed by atoms with Crippen LogP contribution < -0.4 is 10.2 Å². The molecule has 0 atom stereocenters. The predicted octanol–water partition coefficient (Wildman–Crippen LogP) is 0.218. The zero-order chi connectivity index (χ0) is 11.1. The first-order valence-electron chi connectivity index (χ1n) is 5.01. The molecule has 3 rings (SSSR count). The van der Waals surface area contributed by atoms with Crippen LogP contribution in [0.4, 0.5) is 5.13 Å². The van der Waals surface area contributed by atoms with Gasteiger partial charge in [0.25, 0.3) is 11.8 Å². The summed E-state index contributed by atoms with van der Waals surface area (Å²) in [5.41, 5.74) is 1.01. The average Bonchev–Trinajstić information content (AvgIpc) is 2.82. The van der Waals surface area contributed by atoms with Crippen molar-refractivity contribution in [2.45, 2.75) is 13.0 Å². The van der Waals surface area contributed by atoms with E-state index in [1.54, 1.807) is 0 Å². The zero-order valence-corrected chi connectivity index (χ0v) is 9.21. The largest absolute Gasteiger partial charge is 0.311 e. The molecule has 0 saturated heterocycles. The zero-order valence-electron chi connectivity index (χ0n) is 8.40. The van der Waals surface area contributed by atoms with E-state index in [4.69, 9.17) is 0 Å². The molecule has 2 aliphatic rings. The number of hydrogen-bond acceptors (Lipinski definition) is 5. The summed E-state index contributed by atoms with van der Waals surface area (Å²) in [4.78, 5) is 29.5. The van der Waals surface area contributed by atoms with Gasteiger partial charge < -0.3 is 5.32 Å². The summed E-state index contributed by atoms with van der Waals surface area (Å²) < 4.78 is 0. The van der Waals surface area contributed by atoms with Crippen molar-refractivity contribution in [2.24, 2.45) is 0 Å². The molecule has 5 nitrogen and oxygen atoms in total. The fraction of sp³-hybridized carbons (Fsp3) is 0.300. The highest BCUT2D eigenvalue weighted by atomic mass is 32.1. The molecule has 16 heavy (non-hydrogen) atoms. The van der Waals surface area contributed by atoms with Gasteiger partial charge in [0.2, 0.25) is 0 Å². The number of hydrogen-bond donors (Lipinski definition) is 1. The van der Waals surface area contributed by atoms with Gasteiger partial charge in [0.15, 0.2) is 5.13 Å². The van der Waals surface area contributed by atoms with E-state index in [1.807, 2.05) is 0 Å². The highest BCUT2D eigenvalue weighted by Gasteiger charge is 2.29. The Hall–Kier alpha value is -1.53. The molecular formula is C10H9N3O2S. The van der Waals surface area contributed by atoms with Gasteiger partial charge in [-0.25, -0.2) is 9.88 Å². The summed E-state index contributed by atoms with van der Waals surface area (Å²) >= 11 is 1.41. The standard InChI is InChI=1S/C10H9N3O2S/c14-8-1-2-9(15)13(8)10-12-6-3-4-11-5-7(6)16-10/h1-2,11H,3-5H2. The van der Waals surface area contributed by atoms with E-state index in [9.17, 15) is 9.59 Å².